The predicted molar refractivity (Wildman–Crippen MR) is 71.9 cm³/mol. The summed E-state index contributed by atoms with van der Waals surface area (Å²) < 4.78 is 0. The summed E-state index contributed by atoms with van der Waals surface area (Å²) in [7, 11) is 0. The quantitative estimate of drug-likeness (QED) is 0.689. The molecule has 1 atom stereocenters. The monoisotopic (exact) mass is 236 g/mol. The molecule has 0 heterocycles. The van der Waals surface area contributed by atoms with E-state index in [1.807, 2.05) is 0 Å². The Bertz CT molecular complexity index is 238. The molecule has 0 amide bonds. The number of hydrogen-bond donors (Lipinski definition) is 0. The summed E-state index contributed by atoms with van der Waals surface area (Å²) in [5.74, 6) is 2.77. The largest absolute Gasteiger partial charge is 0.299 e. The molecule has 17 heavy (non-hydrogen) atoms. The van der Waals surface area contributed by atoms with Gasteiger partial charge in [0.2, 0.25) is 0 Å². The lowest BCUT2D eigenvalue weighted by Crippen LogP contribution is -2.30. The third-order valence-corrected chi connectivity index (χ3v) is 5.03. The van der Waals surface area contributed by atoms with E-state index in [1.165, 1.54) is 57.8 Å². The maximum Gasteiger partial charge on any atom is 0.136 e. The van der Waals surface area contributed by atoms with Crippen LogP contribution in [0.25, 0.3) is 0 Å². The second kappa shape index (κ2) is 6.56. The molecule has 2 rings (SSSR count). The van der Waals surface area contributed by atoms with Crippen molar-refractivity contribution in [3.63, 3.8) is 0 Å². The summed E-state index contributed by atoms with van der Waals surface area (Å²) in [6.07, 6.45) is 14.2. The number of ketones is 1. The van der Waals surface area contributed by atoms with Crippen LogP contribution >= 0.6 is 0 Å². The number of carbonyl (C=O) groups is 1. The second-order valence-electron chi connectivity index (χ2n) is 6.24. The average Bonchev–Trinajstić information content (AvgIpc) is 2.38. The van der Waals surface area contributed by atoms with Crippen molar-refractivity contribution in [3.05, 3.63) is 0 Å². The van der Waals surface area contributed by atoms with Crippen molar-refractivity contribution < 1.29 is 4.79 Å². The summed E-state index contributed by atoms with van der Waals surface area (Å²) in [5.41, 5.74) is 0. The molecule has 0 N–H and O–H groups in total. The molecule has 0 bridgehead atoms. The van der Waals surface area contributed by atoms with Gasteiger partial charge in [-0.15, -0.1) is 0 Å². The Morgan fingerprint density at radius 3 is 2.47 bits per heavy atom. The molecule has 2 fully saturated rings. The first-order valence-electron chi connectivity index (χ1n) is 7.84. The molecule has 0 aromatic rings. The van der Waals surface area contributed by atoms with Crippen LogP contribution in [-0.4, -0.2) is 5.78 Å². The third kappa shape index (κ3) is 3.56. The van der Waals surface area contributed by atoms with Crippen LogP contribution in [0.4, 0.5) is 0 Å². The van der Waals surface area contributed by atoms with E-state index in [-0.39, 0.29) is 0 Å². The Balaban J connectivity index is 1.76. The maximum absolute atomic E-state index is 11.9. The standard InChI is InChI=1S/C16H28O/c1-2-3-6-13-9-11-14(12-10-13)15-7-4-5-8-16(15)17/h13-15H,2-12H2,1H3. The van der Waals surface area contributed by atoms with Gasteiger partial charge in [0, 0.05) is 12.3 Å². The highest BCUT2D eigenvalue weighted by Crippen LogP contribution is 2.39. The molecule has 2 saturated carbocycles. The SMILES string of the molecule is CCCCC1CCC(C2CCCCC2=O)CC1. The fourth-order valence-electron chi connectivity index (χ4n) is 3.88. The number of hydrogen-bond acceptors (Lipinski definition) is 1. The highest BCUT2D eigenvalue weighted by Gasteiger charge is 2.32. The van der Waals surface area contributed by atoms with E-state index >= 15 is 0 Å². The molecule has 1 heteroatoms. The summed E-state index contributed by atoms with van der Waals surface area (Å²) in [6.45, 7) is 2.28. The fraction of sp³-hybridized carbons (Fsp3) is 0.938. The van der Waals surface area contributed by atoms with Gasteiger partial charge in [-0.05, 0) is 37.5 Å². The van der Waals surface area contributed by atoms with Crippen LogP contribution in [0.3, 0.4) is 0 Å². The molecule has 98 valence electrons. The van der Waals surface area contributed by atoms with Crippen LogP contribution in [-0.2, 0) is 4.79 Å². The minimum absolute atomic E-state index is 0.455. The van der Waals surface area contributed by atoms with Crippen LogP contribution in [0.1, 0.15) is 77.6 Å². The smallest absolute Gasteiger partial charge is 0.136 e. The van der Waals surface area contributed by atoms with Gasteiger partial charge in [-0.3, -0.25) is 4.79 Å². The van der Waals surface area contributed by atoms with Gasteiger partial charge < -0.3 is 0 Å². The molecule has 0 spiro atoms. The molecule has 0 radical (unpaired) electrons. The summed E-state index contributed by atoms with van der Waals surface area (Å²) in [5, 5.41) is 0. The highest BCUT2D eigenvalue weighted by molar-refractivity contribution is 5.81. The van der Waals surface area contributed by atoms with Crippen molar-refractivity contribution in [2.75, 3.05) is 0 Å². The fourth-order valence-corrected chi connectivity index (χ4v) is 3.88. The van der Waals surface area contributed by atoms with Crippen molar-refractivity contribution in [3.8, 4) is 0 Å². The lowest BCUT2D eigenvalue weighted by molar-refractivity contribution is -0.127. The number of carbonyl (C=O) groups excluding carboxylic acids is 1. The molecule has 1 nitrogen and oxygen atoms in total. The normalized spacial score (nSPS) is 34.9. The molecule has 2 aliphatic carbocycles. The molecular weight excluding hydrogens is 208 g/mol. The van der Waals surface area contributed by atoms with E-state index in [1.54, 1.807) is 0 Å². The molecule has 0 aromatic heterocycles. The number of rotatable bonds is 4. The van der Waals surface area contributed by atoms with E-state index < -0.39 is 0 Å². The van der Waals surface area contributed by atoms with E-state index in [2.05, 4.69) is 6.92 Å². The zero-order valence-corrected chi connectivity index (χ0v) is 11.4. The third-order valence-electron chi connectivity index (χ3n) is 5.03. The van der Waals surface area contributed by atoms with E-state index in [4.69, 9.17) is 0 Å². The predicted octanol–water partition coefficient (Wildman–Crippen LogP) is 4.74. The van der Waals surface area contributed by atoms with Crippen LogP contribution in [0.5, 0.6) is 0 Å². The average molecular weight is 236 g/mol. The van der Waals surface area contributed by atoms with Crippen LogP contribution in [0, 0.1) is 17.8 Å². The summed E-state index contributed by atoms with van der Waals surface area (Å²) >= 11 is 0. The van der Waals surface area contributed by atoms with Crippen molar-refractivity contribution >= 4 is 5.78 Å². The summed E-state index contributed by atoms with van der Waals surface area (Å²) in [6, 6.07) is 0. The van der Waals surface area contributed by atoms with Crippen molar-refractivity contribution in [1.29, 1.82) is 0 Å². The van der Waals surface area contributed by atoms with Crippen molar-refractivity contribution in [2.24, 2.45) is 17.8 Å². The first kappa shape index (κ1) is 13.1. The minimum Gasteiger partial charge on any atom is -0.299 e. The highest BCUT2D eigenvalue weighted by atomic mass is 16.1. The van der Waals surface area contributed by atoms with Crippen LogP contribution in [0.2, 0.25) is 0 Å². The molecule has 0 saturated heterocycles. The number of unbranched alkanes of at least 4 members (excludes halogenated alkanes) is 1. The van der Waals surface area contributed by atoms with E-state index in [9.17, 15) is 4.79 Å². The first-order chi connectivity index (χ1) is 8.31. The Labute approximate surface area is 106 Å². The van der Waals surface area contributed by atoms with Crippen LogP contribution in [0.15, 0.2) is 0 Å². The van der Waals surface area contributed by atoms with Gasteiger partial charge in [-0.2, -0.15) is 0 Å². The van der Waals surface area contributed by atoms with Crippen molar-refractivity contribution in [1.82, 2.24) is 0 Å². The van der Waals surface area contributed by atoms with Gasteiger partial charge in [0.05, 0.1) is 0 Å². The zero-order valence-electron chi connectivity index (χ0n) is 11.4. The van der Waals surface area contributed by atoms with E-state index in [0.29, 0.717) is 11.7 Å². The first-order valence-corrected chi connectivity index (χ1v) is 7.84. The lowest BCUT2D eigenvalue weighted by atomic mass is 9.70. The molecule has 1 unspecified atom stereocenters. The second-order valence-corrected chi connectivity index (χ2v) is 6.24. The maximum atomic E-state index is 11.9. The Kier molecular flexibility index (Phi) is 5.06. The molecular formula is C16H28O. The Morgan fingerprint density at radius 1 is 1.06 bits per heavy atom. The van der Waals surface area contributed by atoms with Gasteiger partial charge in [0.15, 0.2) is 0 Å². The van der Waals surface area contributed by atoms with Crippen molar-refractivity contribution in [2.45, 2.75) is 77.6 Å². The van der Waals surface area contributed by atoms with Gasteiger partial charge in [-0.1, -0.05) is 45.4 Å². The van der Waals surface area contributed by atoms with E-state index in [0.717, 1.165) is 24.7 Å². The molecule has 2 aliphatic rings. The number of Topliss-reactive ketones (excluding diaryl/α,β-unsaturated/α-hetero) is 1. The minimum atomic E-state index is 0.455. The Hall–Kier alpha value is -0.330. The molecule has 0 aromatic carbocycles. The lowest BCUT2D eigenvalue weighted by Gasteiger charge is -2.35. The Morgan fingerprint density at radius 2 is 1.82 bits per heavy atom. The van der Waals surface area contributed by atoms with Gasteiger partial charge >= 0.3 is 0 Å². The topological polar surface area (TPSA) is 17.1 Å². The van der Waals surface area contributed by atoms with Gasteiger partial charge in [0.1, 0.15) is 5.78 Å². The van der Waals surface area contributed by atoms with Gasteiger partial charge in [0.25, 0.3) is 0 Å². The summed E-state index contributed by atoms with van der Waals surface area (Å²) in [4.78, 5) is 11.9. The van der Waals surface area contributed by atoms with Crippen LogP contribution < -0.4 is 0 Å². The zero-order chi connectivity index (χ0) is 12.1. The molecule has 0 aliphatic heterocycles. The van der Waals surface area contributed by atoms with Gasteiger partial charge in [-0.25, -0.2) is 0 Å².